The van der Waals surface area contributed by atoms with E-state index in [1.54, 1.807) is 32.4 Å². The average Bonchev–Trinajstić information content (AvgIpc) is 3.39. The van der Waals surface area contributed by atoms with Gasteiger partial charge in [0, 0.05) is 51.9 Å². The number of carbonyl (C=O) groups excluding carboxylic acids is 2. The fourth-order valence-corrected chi connectivity index (χ4v) is 12.0. The van der Waals surface area contributed by atoms with Crippen LogP contribution in [-0.4, -0.2) is 65.8 Å². The molecule has 9 heteroatoms. The van der Waals surface area contributed by atoms with Crippen molar-refractivity contribution in [2.24, 2.45) is 33.5 Å². The number of carbonyl (C=O) groups is 2. The zero-order chi connectivity index (χ0) is 37.3. The standard InChI is InChI=1S/C43H53ClFNO6/c1-6-20-46(38(49)22-27-10-11-34(51-4)35(21-27)52-5)26-42(50)17-14-37-40(42,3)16-13-36-39(2)15-12-28(47)24-41(39)18-19-43(36,37)30(25-41)33(48)23-29-31(44)8-7-9-32(29)45/h7-11,18-19,21,25,28,36-37,47,50H,6,12-17,20,22-24,26H2,1-5H3. The van der Waals surface area contributed by atoms with Crippen molar-refractivity contribution in [3.63, 3.8) is 0 Å². The highest BCUT2D eigenvalue weighted by molar-refractivity contribution is 6.31. The second-order valence-electron chi connectivity index (χ2n) is 16.8. The van der Waals surface area contributed by atoms with Crippen molar-refractivity contribution < 1.29 is 33.7 Å². The van der Waals surface area contributed by atoms with E-state index >= 15 is 4.39 Å². The van der Waals surface area contributed by atoms with E-state index in [1.165, 1.54) is 6.07 Å². The molecule has 6 aliphatic carbocycles. The molecule has 280 valence electrons. The van der Waals surface area contributed by atoms with E-state index in [-0.39, 0.29) is 58.9 Å². The van der Waals surface area contributed by atoms with Crippen LogP contribution in [0.4, 0.5) is 4.39 Å². The molecule has 52 heavy (non-hydrogen) atoms. The van der Waals surface area contributed by atoms with Gasteiger partial charge in [-0.3, -0.25) is 9.59 Å². The topological polar surface area (TPSA) is 96.3 Å². The minimum Gasteiger partial charge on any atom is -0.493 e. The van der Waals surface area contributed by atoms with E-state index in [0.29, 0.717) is 49.3 Å². The molecule has 2 N–H and O–H groups in total. The number of aliphatic hydroxyl groups excluding tert-OH is 1. The SMILES string of the molecule is CCCN(CC1(O)CCC2C34C=CC5(C=C3C(=O)Cc3c(F)cccc3Cl)CC(O)CCC5(C)C4CCC21C)C(=O)Cc1ccc(OC)c(OC)c1. The maximum Gasteiger partial charge on any atom is 0.227 e. The molecular weight excluding hydrogens is 681 g/mol. The Morgan fingerprint density at radius 1 is 0.962 bits per heavy atom. The molecule has 1 amide bonds. The summed E-state index contributed by atoms with van der Waals surface area (Å²) in [5.41, 5.74) is -1.47. The van der Waals surface area contributed by atoms with Gasteiger partial charge >= 0.3 is 0 Å². The van der Waals surface area contributed by atoms with Crippen LogP contribution in [0.5, 0.6) is 11.5 Å². The van der Waals surface area contributed by atoms with E-state index in [1.807, 2.05) is 24.0 Å². The summed E-state index contributed by atoms with van der Waals surface area (Å²) < 4.78 is 26.0. The number of amides is 1. The highest BCUT2D eigenvalue weighted by Gasteiger charge is 2.74. The van der Waals surface area contributed by atoms with Gasteiger partial charge in [-0.25, -0.2) is 4.39 Å². The van der Waals surface area contributed by atoms with Crippen LogP contribution in [-0.2, 0) is 22.4 Å². The van der Waals surface area contributed by atoms with Gasteiger partial charge in [-0.05, 0) is 98.4 Å². The van der Waals surface area contributed by atoms with Crippen molar-refractivity contribution in [1.82, 2.24) is 4.90 Å². The largest absolute Gasteiger partial charge is 0.493 e. The molecular formula is C43H53ClFNO6. The van der Waals surface area contributed by atoms with Crippen LogP contribution >= 0.6 is 11.6 Å². The Kier molecular flexibility index (Phi) is 9.48. The van der Waals surface area contributed by atoms with Crippen molar-refractivity contribution in [3.8, 4) is 11.5 Å². The fourth-order valence-electron chi connectivity index (χ4n) is 11.8. The zero-order valence-electron chi connectivity index (χ0n) is 31.1. The van der Waals surface area contributed by atoms with Gasteiger partial charge in [-0.2, -0.15) is 0 Å². The number of ketones is 1. The molecule has 2 spiro atoms. The number of nitrogens with zero attached hydrogens (tertiary/aromatic N) is 1. The maximum atomic E-state index is 15.1. The first-order valence-electron chi connectivity index (χ1n) is 19.0. The summed E-state index contributed by atoms with van der Waals surface area (Å²) in [7, 11) is 3.15. The smallest absolute Gasteiger partial charge is 0.227 e. The summed E-state index contributed by atoms with van der Waals surface area (Å²) >= 11 is 6.47. The minimum atomic E-state index is -1.19. The molecule has 3 saturated carbocycles. The molecule has 2 bridgehead atoms. The lowest BCUT2D eigenvalue weighted by atomic mass is 9.32. The molecule has 7 nitrogen and oxygen atoms in total. The molecule has 2 aromatic rings. The van der Waals surface area contributed by atoms with Crippen LogP contribution in [0.3, 0.4) is 0 Å². The lowest BCUT2D eigenvalue weighted by Gasteiger charge is -2.71. The van der Waals surface area contributed by atoms with E-state index in [2.05, 4.69) is 32.1 Å². The van der Waals surface area contributed by atoms with Crippen molar-refractivity contribution in [2.45, 2.75) is 96.7 Å². The second-order valence-corrected chi connectivity index (χ2v) is 17.2. The quantitative estimate of drug-likeness (QED) is 0.230. The Bertz CT molecular complexity index is 1810. The molecule has 3 fully saturated rings. The average molecular weight is 734 g/mol. The summed E-state index contributed by atoms with van der Waals surface area (Å²) in [5.74, 6) is 0.462. The van der Waals surface area contributed by atoms with E-state index in [4.69, 9.17) is 21.1 Å². The fraction of sp³-hybridized carbons (Fsp3) is 0.581. The molecule has 8 rings (SSSR count). The third kappa shape index (κ3) is 5.40. The van der Waals surface area contributed by atoms with Gasteiger partial charge in [0.15, 0.2) is 17.3 Å². The zero-order valence-corrected chi connectivity index (χ0v) is 31.9. The van der Waals surface area contributed by atoms with Crippen LogP contribution in [0.1, 0.15) is 83.3 Å². The number of rotatable bonds is 11. The highest BCUT2D eigenvalue weighted by Crippen LogP contribution is 2.78. The number of fused-ring (bicyclic) bond motifs is 1. The normalized spacial score (nSPS) is 35.6. The summed E-state index contributed by atoms with van der Waals surface area (Å²) in [6.45, 7) is 7.27. The number of methoxy groups -OCH3 is 2. The van der Waals surface area contributed by atoms with Crippen LogP contribution in [0.25, 0.3) is 0 Å². The first-order valence-corrected chi connectivity index (χ1v) is 19.4. The molecule has 0 aromatic heterocycles. The lowest BCUT2D eigenvalue weighted by molar-refractivity contribution is -0.180. The molecule has 2 aromatic carbocycles. The van der Waals surface area contributed by atoms with E-state index < -0.39 is 33.8 Å². The third-order valence-corrected chi connectivity index (χ3v) is 14.9. The molecule has 8 unspecified atom stereocenters. The summed E-state index contributed by atoms with van der Waals surface area (Å²) in [6.07, 6.45) is 11.8. The summed E-state index contributed by atoms with van der Waals surface area (Å²) in [4.78, 5) is 30.6. The Morgan fingerprint density at radius 2 is 1.67 bits per heavy atom. The molecule has 0 aliphatic heterocycles. The van der Waals surface area contributed by atoms with Gasteiger partial charge in [-0.15, -0.1) is 0 Å². The Labute approximate surface area is 312 Å². The highest BCUT2D eigenvalue weighted by atomic mass is 35.5. The first kappa shape index (κ1) is 37.1. The Morgan fingerprint density at radius 3 is 2.38 bits per heavy atom. The van der Waals surface area contributed by atoms with E-state index in [0.717, 1.165) is 31.2 Å². The van der Waals surface area contributed by atoms with Gasteiger partial charge in [0.2, 0.25) is 5.91 Å². The third-order valence-electron chi connectivity index (χ3n) is 14.5. The second kappa shape index (κ2) is 13.3. The van der Waals surface area contributed by atoms with Gasteiger partial charge in [-0.1, -0.05) is 62.7 Å². The predicted molar refractivity (Wildman–Crippen MR) is 199 cm³/mol. The van der Waals surface area contributed by atoms with Crippen LogP contribution in [0.2, 0.25) is 5.02 Å². The lowest BCUT2D eigenvalue weighted by Crippen LogP contribution is -2.67. The maximum absolute atomic E-state index is 15.1. The van der Waals surface area contributed by atoms with Crippen molar-refractivity contribution >= 4 is 23.3 Å². The predicted octanol–water partition coefficient (Wildman–Crippen LogP) is 7.68. The summed E-state index contributed by atoms with van der Waals surface area (Å²) in [6, 6.07) is 10.0. The Hall–Kier alpha value is -3.20. The minimum absolute atomic E-state index is 0.0628. The number of ether oxygens (including phenoxy) is 2. The van der Waals surface area contributed by atoms with Gasteiger partial charge < -0.3 is 24.6 Å². The number of hydrogen-bond donors (Lipinski definition) is 2. The molecule has 6 aliphatic rings. The number of Topliss-reactive ketones (excluding diaryl/α,β-unsaturated/α-hetero) is 1. The molecule has 0 saturated heterocycles. The summed E-state index contributed by atoms with van der Waals surface area (Å²) in [5, 5.41) is 24.1. The number of aliphatic hydroxyl groups is 2. The number of halogens is 2. The number of hydrogen-bond acceptors (Lipinski definition) is 6. The van der Waals surface area contributed by atoms with Gasteiger partial charge in [0.1, 0.15) is 5.82 Å². The van der Waals surface area contributed by atoms with Gasteiger partial charge in [0.05, 0.1) is 32.3 Å². The molecule has 0 heterocycles. The molecule has 0 radical (unpaired) electrons. The van der Waals surface area contributed by atoms with Crippen molar-refractivity contribution in [2.75, 3.05) is 27.3 Å². The monoisotopic (exact) mass is 733 g/mol. The van der Waals surface area contributed by atoms with Crippen LogP contribution < -0.4 is 9.47 Å². The van der Waals surface area contributed by atoms with E-state index in [9.17, 15) is 19.8 Å². The number of allylic oxidation sites excluding steroid dienone is 4. The first-order chi connectivity index (χ1) is 24.7. The van der Waals surface area contributed by atoms with Crippen molar-refractivity contribution in [1.29, 1.82) is 0 Å². The molecule has 8 atom stereocenters. The van der Waals surface area contributed by atoms with Gasteiger partial charge in [0.25, 0.3) is 0 Å². The Balaban J connectivity index is 1.24. The van der Waals surface area contributed by atoms with Crippen LogP contribution in [0, 0.1) is 39.3 Å². The van der Waals surface area contributed by atoms with Crippen LogP contribution in [0.15, 0.2) is 60.2 Å². The van der Waals surface area contributed by atoms with Crippen molar-refractivity contribution in [3.05, 3.63) is 82.2 Å². The number of benzene rings is 2.